The van der Waals surface area contributed by atoms with Gasteiger partial charge in [-0.2, -0.15) is 0 Å². The van der Waals surface area contributed by atoms with Gasteiger partial charge in [0.05, 0.1) is 17.0 Å². The first-order valence-corrected chi connectivity index (χ1v) is 5.84. The number of carboxylic acids is 1. The SMILES string of the molecule is Cc1cc(C(=O)O)c(C)nc1-c1cccc(Cl)c1. The molecule has 0 saturated carbocycles. The van der Waals surface area contributed by atoms with Crippen LogP contribution < -0.4 is 0 Å². The lowest BCUT2D eigenvalue weighted by Gasteiger charge is -2.09. The van der Waals surface area contributed by atoms with E-state index in [1.54, 1.807) is 19.1 Å². The molecule has 1 aromatic heterocycles. The van der Waals surface area contributed by atoms with Crippen molar-refractivity contribution in [2.24, 2.45) is 0 Å². The predicted molar refractivity (Wildman–Crippen MR) is 71.1 cm³/mol. The normalized spacial score (nSPS) is 10.4. The Bertz CT molecular complexity index is 623. The average molecular weight is 262 g/mol. The Morgan fingerprint density at radius 2 is 2.00 bits per heavy atom. The van der Waals surface area contributed by atoms with Crippen LogP contribution in [0, 0.1) is 13.8 Å². The van der Waals surface area contributed by atoms with Gasteiger partial charge >= 0.3 is 5.97 Å². The van der Waals surface area contributed by atoms with Crippen LogP contribution in [0.15, 0.2) is 30.3 Å². The molecule has 0 unspecified atom stereocenters. The fourth-order valence-corrected chi connectivity index (χ4v) is 2.04. The van der Waals surface area contributed by atoms with E-state index in [0.29, 0.717) is 10.7 Å². The fourth-order valence-electron chi connectivity index (χ4n) is 1.85. The van der Waals surface area contributed by atoms with Crippen molar-refractivity contribution in [2.45, 2.75) is 13.8 Å². The summed E-state index contributed by atoms with van der Waals surface area (Å²) < 4.78 is 0. The number of aromatic carboxylic acids is 1. The topological polar surface area (TPSA) is 50.2 Å². The van der Waals surface area contributed by atoms with E-state index in [1.807, 2.05) is 25.1 Å². The van der Waals surface area contributed by atoms with Crippen molar-refractivity contribution in [2.75, 3.05) is 0 Å². The van der Waals surface area contributed by atoms with Crippen molar-refractivity contribution in [1.82, 2.24) is 4.98 Å². The second-order valence-corrected chi connectivity index (χ2v) is 4.54. The van der Waals surface area contributed by atoms with Crippen molar-refractivity contribution in [3.63, 3.8) is 0 Å². The molecule has 1 N–H and O–H groups in total. The minimum Gasteiger partial charge on any atom is -0.478 e. The first kappa shape index (κ1) is 12.6. The second-order valence-electron chi connectivity index (χ2n) is 4.10. The molecule has 0 aliphatic rings. The number of rotatable bonds is 2. The van der Waals surface area contributed by atoms with Gasteiger partial charge < -0.3 is 5.11 Å². The summed E-state index contributed by atoms with van der Waals surface area (Å²) in [6.45, 7) is 3.53. The van der Waals surface area contributed by atoms with Gasteiger partial charge in [0, 0.05) is 10.6 Å². The highest BCUT2D eigenvalue weighted by atomic mass is 35.5. The van der Waals surface area contributed by atoms with Gasteiger partial charge in [0.2, 0.25) is 0 Å². The largest absolute Gasteiger partial charge is 0.478 e. The fraction of sp³-hybridized carbons (Fsp3) is 0.143. The number of carbonyl (C=O) groups is 1. The van der Waals surface area contributed by atoms with E-state index < -0.39 is 5.97 Å². The maximum Gasteiger partial charge on any atom is 0.337 e. The van der Waals surface area contributed by atoms with E-state index in [-0.39, 0.29) is 5.56 Å². The summed E-state index contributed by atoms with van der Waals surface area (Å²) in [5.41, 5.74) is 3.21. The van der Waals surface area contributed by atoms with Crippen LogP contribution in [0.5, 0.6) is 0 Å². The molecule has 0 radical (unpaired) electrons. The Kier molecular flexibility index (Phi) is 3.34. The van der Waals surface area contributed by atoms with E-state index in [9.17, 15) is 4.79 Å². The highest BCUT2D eigenvalue weighted by Gasteiger charge is 2.13. The van der Waals surface area contributed by atoms with Crippen molar-refractivity contribution in [1.29, 1.82) is 0 Å². The third-order valence-electron chi connectivity index (χ3n) is 2.73. The summed E-state index contributed by atoms with van der Waals surface area (Å²) in [5, 5.41) is 9.67. The molecule has 2 rings (SSSR count). The van der Waals surface area contributed by atoms with Crippen molar-refractivity contribution < 1.29 is 9.90 Å². The van der Waals surface area contributed by atoms with Gasteiger partial charge in [-0.05, 0) is 37.6 Å². The Morgan fingerprint density at radius 3 is 2.61 bits per heavy atom. The highest BCUT2D eigenvalue weighted by molar-refractivity contribution is 6.30. The van der Waals surface area contributed by atoms with Crippen molar-refractivity contribution in [3.05, 3.63) is 52.2 Å². The van der Waals surface area contributed by atoms with Crippen LogP contribution in [0.4, 0.5) is 0 Å². The molecule has 1 heterocycles. The molecule has 1 aromatic carbocycles. The Morgan fingerprint density at radius 1 is 1.28 bits per heavy atom. The van der Waals surface area contributed by atoms with Gasteiger partial charge in [0.15, 0.2) is 0 Å². The van der Waals surface area contributed by atoms with Crippen LogP contribution in [-0.2, 0) is 0 Å². The van der Waals surface area contributed by atoms with Crippen LogP contribution in [0.2, 0.25) is 5.02 Å². The second kappa shape index (κ2) is 4.78. The molecular formula is C14H12ClNO2. The Hall–Kier alpha value is -1.87. The van der Waals surface area contributed by atoms with E-state index in [1.165, 1.54) is 0 Å². The zero-order valence-electron chi connectivity index (χ0n) is 10.1. The molecule has 3 nitrogen and oxygen atoms in total. The minimum absolute atomic E-state index is 0.235. The first-order chi connectivity index (χ1) is 8.49. The number of pyridine rings is 1. The number of hydrogen-bond acceptors (Lipinski definition) is 2. The van der Waals surface area contributed by atoms with E-state index in [0.717, 1.165) is 16.8 Å². The number of hydrogen-bond donors (Lipinski definition) is 1. The lowest BCUT2D eigenvalue weighted by Crippen LogP contribution is -2.04. The molecule has 0 saturated heterocycles. The van der Waals surface area contributed by atoms with Crippen LogP contribution in [0.1, 0.15) is 21.6 Å². The van der Waals surface area contributed by atoms with Gasteiger partial charge in [0.1, 0.15) is 0 Å². The van der Waals surface area contributed by atoms with Crippen LogP contribution in [0.3, 0.4) is 0 Å². The minimum atomic E-state index is -0.958. The lowest BCUT2D eigenvalue weighted by molar-refractivity contribution is 0.0695. The summed E-state index contributed by atoms with van der Waals surface area (Å²) in [5.74, 6) is -0.958. The molecule has 0 aliphatic heterocycles. The monoisotopic (exact) mass is 261 g/mol. The van der Waals surface area contributed by atoms with Crippen LogP contribution in [-0.4, -0.2) is 16.1 Å². The smallest absolute Gasteiger partial charge is 0.337 e. The maximum absolute atomic E-state index is 11.0. The molecule has 0 fully saturated rings. The molecular weight excluding hydrogens is 250 g/mol. The number of carboxylic acid groups (broad SMARTS) is 1. The molecule has 4 heteroatoms. The van der Waals surface area contributed by atoms with Gasteiger partial charge in [-0.1, -0.05) is 23.7 Å². The molecule has 0 amide bonds. The number of aryl methyl sites for hydroxylation is 2. The van der Waals surface area contributed by atoms with Crippen LogP contribution >= 0.6 is 11.6 Å². The van der Waals surface area contributed by atoms with Crippen molar-refractivity contribution in [3.8, 4) is 11.3 Å². The van der Waals surface area contributed by atoms with E-state index in [4.69, 9.17) is 16.7 Å². The van der Waals surface area contributed by atoms with E-state index >= 15 is 0 Å². The zero-order chi connectivity index (χ0) is 13.3. The zero-order valence-corrected chi connectivity index (χ0v) is 10.8. The standard InChI is InChI=1S/C14H12ClNO2/c1-8-6-12(14(17)18)9(2)16-13(8)10-4-3-5-11(15)7-10/h3-7H,1-2H3,(H,17,18). The van der Waals surface area contributed by atoms with Gasteiger partial charge in [-0.15, -0.1) is 0 Å². The van der Waals surface area contributed by atoms with Gasteiger partial charge in [-0.3, -0.25) is 4.98 Å². The summed E-state index contributed by atoms with van der Waals surface area (Å²) in [7, 11) is 0. The van der Waals surface area contributed by atoms with Gasteiger partial charge in [0.25, 0.3) is 0 Å². The summed E-state index contributed by atoms with van der Waals surface area (Å²) >= 11 is 5.95. The summed E-state index contributed by atoms with van der Waals surface area (Å²) in [6.07, 6.45) is 0. The molecule has 18 heavy (non-hydrogen) atoms. The van der Waals surface area contributed by atoms with Crippen molar-refractivity contribution >= 4 is 17.6 Å². The first-order valence-electron chi connectivity index (χ1n) is 5.46. The summed E-state index contributed by atoms with van der Waals surface area (Å²) in [4.78, 5) is 15.4. The van der Waals surface area contributed by atoms with E-state index in [2.05, 4.69) is 4.98 Å². The molecule has 0 bridgehead atoms. The molecule has 0 aliphatic carbocycles. The molecule has 2 aromatic rings. The number of nitrogens with zero attached hydrogens (tertiary/aromatic N) is 1. The third-order valence-corrected chi connectivity index (χ3v) is 2.97. The number of benzene rings is 1. The lowest BCUT2D eigenvalue weighted by atomic mass is 10.0. The van der Waals surface area contributed by atoms with Crippen LogP contribution in [0.25, 0.3) is 11.3 Å². The molecule has 0 atom stereocenters. The Labute approximate surface area is 110 Å². The maximum atomic E-state index is 11.0. The predicted octanol–water partition coefficient (Wildman–Crippen LogP) is 3.72. The summed E-state index contributed by atoms with van der Waals surface area (Å²) in [6, 6.07) is 9.00. The third kappa shape index (κ3) is 2.36. The van der Waals surface area contributed by atoms with Gasteiger partial charge in [-0.25, -0.2) is 4.79 Å². The number of halogens is 1. The molecule has 92 valence electrons. The Balaban J connectivity index is 2.60. The number of aromatic nitrogens is 1. The highest BCUT2D eigenvalue weighted by Crippen LogP contribution is 2.25. The quantitative estimate of drug-likeness (QED) is 0.896. The average Bonchev–Trinajstić information content (AvgIpc) is 2.31. The molecule has 0 spiro atoms.